The van der Waals surface area contributed by atoms with Crippen LogP contribution in [-0.2, 0) is 6.42 Å². The van der Waals surface area contributed by atoms with Crippen LogP contribution in [0.2, 0.25) is 0 Å². The lowest BCUT2D eigenvalue weighted by Gasteiger charge is -2.43. The van der Waals surface area contributed by atoms with Crippen molar-refractivity contribution in [3.8, 4) is 11.5 Å². The Morgan fingerprint density at radius 1 is 1.18 bits per heavy atom. The lowest BCUT2D eigenvalue weighted by Crippen LogP contribution is -2.42. The highest BCUT2D eigenvalue weighted by atomic mass is 16.5. The van der Waals surface area contributed by atoms with Gasteiger partial charge in [0.1, 0.15) is 23.2 Å². The molecule has 2 aromatic rings. The third kappa shape index (κ3) is 2.67. The maximum Gasteiger partial charge on any atom is 0.336 e. The van der Waals surface area contributed by atoms with Gasteiger partial charge in [-0.1, -0.05) is 27.2 Å². The molecule has 0 bridgehead atoms. The number of aliphatic hydroxyl groups excluding tert-OH is 1. The van der Waals surface area contributed by atoms with E-state index in [1.165, 1.54) is 6.07 Å². The number of benzene rings is 1. The minimum Gasteiger partial charge on any atom is -0.489 e. The first-order valence-corrected chi connectivity index (χ1v) is 9.96. The molecule has 5 nitrogen and oxygen atoms in total. The lowest BCUT2D eigenvalue weighted by molar-refractivity contribution is -0.0506. The summed E-state index contributed by atoms with van der Waals surface area (Å²) in [6.07, 6.45) is 4.53. The van der Waals surface area contributed by atoms with Crippen molar-refractivity contribution < 1.29 is 19.0 Å². The minimum absolute atomic E-state index is 0.217. The zero-order valence-corrected chi connectivity index (χ0v) is 17.4. The molecule has 0 amide bonds. The zero-order chi connectivity index (χ0) is 20.4. The van der Waals surface area contributed by atoms with Crippen molar-refractivity contribution in [2.45, 2.75) is 72.2 Å². The summed E-state index contributed by atoms with van der Waals surface area (Å²) in [7, 11) is 0. The van der Waals surface area contributed by atoms with Crippen LogP contribution < -0.4 is 15.1 Å². The summed E-state index contributed by atoms with van der Waals surface area (Å²) in [5.41, 5.74) is 1.14. The van der Waals surface area contributed by atoms with Crippen molar-refractivity contribution in [1.82, 2.24) is 0 Å². The van der Waals surface area contributed by atoms with Gasteiger partial charge >= 0.3 is 5.63 Å². The largest absolute Gasteiger partial charge is 0.489 e. The number of fused-ring (bicyclic) bond motifs is 6. The van der Waals surface area contributed by atoms with E-state index in [0.29, 0.717) is 22.6 Å². The first kappa shape index (κ1) is 19.1. The van der Waals surface area contributed by atoms with E-state index < -0.39 is 22.7 Å². The van der Waals surface area contributed by atoms with Crippen LogP contribution in [0.3, 0.4) is 0 Å². The van der Waals surface area contributed by atoms with Gasteiger partial charge in [0.15, 0.2) is 5.58 Å². The summed E-state index contributed by atoms with van der Waals surface area (Å²) in [6.45, 7) is 11.9. The molecule has 2 atom stereocenters. The maximum absolute atomic E-state index is 12.3. The molecule has 150 valence electrons. The summed E-state index contributed by atoms with van der Waals surface area (Å²) in [5, 5.41) is 12.0. The van der Waals surface area contributed by atoms with Crippen LogP contribution in [-0.4, -0.2) is 16.8 Å². The molecule has 4 rings (SSSR count). The van der Waals surface area contributed by atoms with Crippen LogP contribution in [0.25, 0.3) is 17.0 Å². The van der Waals surface area contributed by atoms with Gasteiger partial charge in [-0.15, -0.1) is 0 Å². The van der Waals surface area contributed by atoms with Crippen LogP contribution in [0.15, 0.2) is 21.4 Å². The topological polar surface area (TPSA) is 68.9 Å². The van der Waals surface area contributed by atoms with Crippen molar-refractivity contribution in [2.24, 2.45) is 5.41 Å². The first-order chi connectivity index (χ1) is 13.1. The molecule has 0 aliphatic carbocycles. The Bertz CT molecular complexity index is 1040. The Balaban J connectivity index is 2.18. The molecule has 1 N–H and O–H groups in total. The summed E-state index contributed by atoms with van der Waals surface area (Å²) < 4.78 is 18.3. The standard InChI is InChI=1S/C23H28O5/c1-7-8-13-11-15(24)27-20-16(13)19-14(9-10-22(3,4)28-19)18-17(20)21(25)23(5,6)12(2)26-18/h9-12,21,25H,7-8H2,1-6H3/t12-,21+/m1/s1. The molecule has 5 heteroatoms. The van der Waals surface area contributed by atoms with Crippen LogP contribution in [0, 0.1) is 5.41 Å². The molecule has 0 fully saturated rings. The van der Waals surface area contributed by atoms with Gasteiger partial charge in [-0.3, -0.25) is 0 Å². The van der Waals surface area contributed by atoms with Crippen molar-refractivity contribution in [1.29, 1.82) is 0 Å². The smallest absolute Gasteiger partial charge is 0.336 e. The fraction of sp³-hybridized carbons (Fsp3) is 0.522. The number of ether oxygens (including phenoxy) is 2. The zero-order valence-electron chi connectivity index (χ0n) is 17.4. The highest BCUT2D eigenvalue weighted by molar-refractivity contribution is 5.97. The fourth-order valence-corrected chi connectivity index (χ4v) is 4.07. The SMILES string of the molecule is CCCc1cc(=O)oc2c3c(c4c(c12)OC(C)(C)C=C4)O[C@H](C)C(C)(C)[C@H]3O. The van der Waals surface area contributed by atoms with Gasteiger partial charge in [-0.05, 0) is 44.9 Å². The van der Waals surface area contributed by atoms with Crippen LogP contribution in [0.1, 0.15) is 70.8 Å². The van der Waals surface area contributed by atoms with Crippen LogP contribution in [0.5, 0.6) is 11.5 Å². The molecule has 2 aliphatic rings. The summed E-state index contributed by atoms with van der Waals surface area (Å²) in [6, 6.07) is 1.54. The Morgan fingerprint density at radius 2 is 1.89 bits per heavy atom. The monoisotopic (exact) mass is 384 g/mol. The number of aryl methyl sites for hydroxylation is 1. The molecular formula is C23H28O5. The number of hydrogen-bond acceptors (Lipinski definition) is 5. The average Bonchev–Trinajstić information content (AvgIpc) is 2.59. The van der Waals surface area contributed by atoms with Crippen molar-refractivity contribution in [2.75, 3.05) is 0 Å². The molecule has 3 heterocycles. The van der Waals surface area contributed by atoms with E-state index in [-0.39, 0.29) is 6.10 Å². The third-order valence-electron chi connectivity index (χ3n) is 6.10. The van der Waals surface area contributed by atoms with Gasteiger partial charge in [0.05, 0.1) is 22.6 Å². The number of hydrogen-bond donors (Lipinski definition) is 1. The molecule has 0 saturated carbocycles. The van der Waals surface area contributed by atoms with E-state index in [4.69, 9.17) is 13.9 Å². The van der Waals surface area contributed by atoms with Crippen molar-refractivity contribution in [3.05, 3.63) is 39.3 Å². The predicted octanol–water partition coefficient (Wildman–Crippen LogP) is 4.77. The second-order valence-electron chi connectivity index (χ2n) is 9.05. The molecular weight excluding hydrogens is 356 g/mol. The van der Waals surface area contributed by atoms with E-state index in [1.54, 1.807) is 0 Å². The molecule has 0 unspecified atom stereocenters. The van der Waals surface area contributed by atoms with Gasteiger partial charge < -0.3 is 19.0 Å². The third-order valence-corrected chi connectivity index (χ3v) is 6.10. The lowest BCUT2D eigenvalue weighted by atomic mass is 9.74. The molecule has 1 aromatic carbocycles. The van der Waals surface area contributed by atoms with Gasteiger partial charge in [-0.2, -0.15) is 0 Å². The molecule has 0 spiro atoms. The average molecular weight is 384 g/mol. The summed E-state index contributed by atoms with van der Waals surface area (Å²) >= 11 is 0. The Morgan fingerprint density at radius 3 is 2.57 bits per heavy atom. The van der Waals surface area contributed by atoms with Gasteiger partial charge in [0, 0.05) is 11.5 Å². The van der Waals surface area contributed by atoms with E-state index in [0.717, 1.165) is 29.4 Å². The van der Waals surface area contributed by atoms with Gasteiger partial charge in [0.2, 0.25) is 0 Å². The second-order valence-corrected chi connectivity index (χ2v) is 9.05. The van der Waals surface area contributed by atoms with Crippen LogP contribution >= 0.6 is 0 Å². The van der Waals surface area contributed by atoms with Crippen molar-refractivity contribution in [3.63, 3.8) is 0 Å². The van der Waals surface area contributed by atoms with E-state index in [9.17, 15) is 9.90 Å². The van der Waals surface area contributed by atoms with E-state index in [1.807, 2.05) is 46.8 Å². The summed E-state index contributed by atoms with van der Waals surface area (Å²) in [5.74, 6) is 1.21. The Kier molecular flexibility index (Phi) is 4.16. The number of aliphatic hydroxyl groups is 1. The fourth-order valence-electron chi connectivity index (χ4n) is 4.07. The molecule has 2 aliphatic heterocycles. The van der Waals surface area contributed by atoms with Gasteiger partial charge in [0.25, 0.3) is 0 Å². The van der Waals surface area contributed by atoms with Crippen LogP contribution in [0.4, 0.5) is 0 Å². The van der Waals surface area contributed by atoms with E-state index >= 15 is 0 Å². The van der Waals surface area contributed by atoms with Crippen molar-refractivity contribution >= 4 is 17.0 Å². The van der Waals surface area contributed by atoms with E-state index in [2.05, 4.69) is 6.92 Å². The Labute approximate surface area is 165 Å². The minimum atomic E-state index is -0.831. The van der Waals surface area contributed by atoms with Gasteiger partial charge in [-0.25, -0.2) is 4.79 Å². The molecule has 0 saturated heterocycles. The predicted molar refractivity (Wildman–Crippen MR) is 109 cm³/mol. The molecule has 0 radical (unpaired) electrons. The normalized spacial score (nSPS) is 24.2. The number of rotatable bonds is 2. The molecule has 1 aromatic heterocycles. The highest BCUT2D eigenvalue weighted by Crippen LogP contribution is 2.55. The first-order valence-electron chi connectivity index (χ1n) is 9.96. The summed E-state index contributed by atoms with van der Waals surface area (Å²) in [4.78, 5) is 12.3. The maximum atomic E-state index is 12.3. The second kappa shape index (κ2) is 6.11. The Hall–Kier alpha value is -2.27. The quantitative estimate of drug-likeness (QED) is 0.756. The molecule has 28 heavy (non-hydrogen) atoms. The highest BCUT2D eigenvalue weighted by Gasteiger charge is 2.46.